The molecule has 2 radical (unpaired) electrons. The molecule has 1 saturated carbocycles. The predicted octanol–water partition coefficient (Wildman–Crippen LogP) is 3.36. The second kappa shape index (κ2) is 8.11. The summed E-state index contributed by atoms with van der Waals surface area (Å²) >= 11 is 0. The van der Waals surface area contributed by atoms with Crippen LogP contribution >= 0.6 is 0 Å². The molecule has 2 unspecified atom stereocenters. The number of carbonyl (C=O) groups excluding carboxylic acids is 1. The quantitative estimate of drug-likeness (QED) is 0.318. The average Bonchev–Trinajstić information content (AvgIpc) is 2.95. The Hall–Kier alpha value is -2.38. The summed E-state index contributed by atoms with van der Waals surface area (Å²) in [5.41, 5.74) is 8.71. The summed E-state index contributed by atoms with van der Waals surface area (Å²) in [5.74, 6) is 0.774. The Morgan fingerprint density at radius 1 is 1.37 bits per heavy atom. The molecule has 1 saturated heterocycles. The van der Waals surface area contributed by atoms with Crippen molar-refractivity contribution in [1.82, 2.24) is 4.90 Å². The Bertz CT molecular complexity index is 721. The fraction of sp³-hybridized carbons (Fsp3) is 0.611. The van der Waals surface area contributed by atoms with Crippen LogP contribution in [0, 0.1) is 5.41 Å². The molecule has 9 heteroatoms. The molecule has 1 aliphatic heterocycles. The molecule has 2 fully saturated rings. The Morgan fingerprint density at radius 2 is 2.15 bits per heavy atom. The van der Waals surface area contributed by atoms with Gasteiger partial charge in [0.15, 0.2) is 0 Å². The summed E-state index contributed by atoms with van der Waals surface area (Å²) in [4.78, 5) is 17.1. The lowest BCUT2D eigenvalue weighted by molar-refractivity contribution is -0.0394. The van der Waals surface area contributed by atoms with Crippen LogP contribution in [0.1, 0.15) is 31.2 Å². The predicted molar refractivity (Wildman–Crippen MR) is 99.2 cm³/mol. The standard InChI is InChI=1S/C18H23BN4O4/c1-25-15-5-3-14(4-6-15)9-23-12-18(27-16(23)24)8-2-7-17(10-18,13-26-19)11-21-22-20/h3-6H,2,7-13H2,1H3. The minimum Gasteiger partial charge on any atom is -0.497 e. The van der Waals surface area contributed by atoms with Crippen LogP contribution in [0.25, 0.3) is 10.4 Å². The zero-order valence-corrected chi connectivity index (χ0v) is 15.5. The fourth-order valence-corrected chi connectivity index (χ4v) is 4.30. The molecule has 142 valence electrons. The van der Waals surface area contributed by atoms with Crippen molar-refractivity contribution in [3.05, 3.63) is 40.3 Å². The highest BCUT2D eigenvalue weighted by Crippen LogP contribution is 2.47. The first-order valence-corrected chi connectivity index (χ1v) is 8.97. The lowest BCUT2D eigenvalue weighted by Gasteiger charge is -2.44. The first-order chi connectivity index (χ1) is 13.0. The molecule has 1 aliphatic carbocycles. The van der Waals surface area contributed by atoms with Gasteiger partial charge in [0.25, 0.3) is 8.05 Å². The molecule has 2 aliphatic rings. The van der Waals surface area contributed by atoms with Crippen LogP contribution in [-0.2, 0) is 15.9 Å². The molecule has 3 rings (SSSR count). The van der Waals surface area contributed by atoms with Gasteiger partial charge in [0.05, 0.1) is 13.7 Å². The molecule has 1 aromatic carbocycles. The minimum absolute atomic E-state index is 0.268. The maximum atomic E-state index is 12.5. The molecule has 27 heavy (non-hydrogen) atoms. The maximum absolute atomic E-state index is 12.5. The van der Waals surface area contributed by atoms with Gasteiger partial charge in [0.2, 0.25) is 0 Å². The van der Waals surface area contributed by atoms with E-state index in [0.29, 0.717) is 19.5 Å². The van der Waals surface area contributed by atoms with E-state index in [-0.39, 0.29) is 19.2 Å². The van der Waals surface area contributed by atoms with Crippen molar-refractivity contribution in [1.29, 1.82) is 0 Å². The molecule has 1 heterocycles. The van der Waals surface area contributed by atoms with Crippen molar-refractivity contribution in [3.8, 4) is 5.75 Å². The summed E-state index contributed by atoms with van der Waals surface area (Å²) < 4.78 is 15.9. The number of amides is 1. The second-order valence-electron chi connectivity index (χ2n) is 7.49. The van der Waals surface area contributed by atoms with Gasteiger partial charge in [0.1, 0.15) is 11.4 Å². The third-order valence-corrected chi connectivity index (χ3v) is 5.47. The molecular weight excluding hydrogens is 347 g/mol. The summed E-state index contributed by atoms with van der Waals surface area (Å²) in [6.07, 6.45) is 2.70. The molecule has 0 bridgehead atoms. The van der Waals surface area contributed by atoms with Crippen LogP contribution in [0.15, 0.2) is 29.4 Å². The number of hydrogen-bond donors (Lipinski definition) is 0. The monoisotopic (exact) mass is 370 g/mol. The lowest BCUT2D eigenvalue weighted by Crippen LogP contribution is -2.47. The number of methoxy groups -OCH3 is 1. The van der Waals surface area contributed by atoms with Crippen molar-refractivity contribution in [2.75, 3.05) is 26.8 Å². The average molecular weight is 370 g/mol. The second-order valence-corrected chi connectivity index (χ2v) is 7.49. The number of ether oxygens (including phenoxy) is 2. The summed E-state index contributed by atoms with van der Waals surface area (Å²) in [7, 11) is 6.94. The highest BCUT2D eigenvalue weighted by Gasteiger charge is 2.52. The Kier molecular flexibility index (Phi) is 5.82. The smallest absolute Gasteiger partial charge is 0.410 e. The van der Waals surface area contributed by atoms with Crippen LogP contribution in [0.3, 0.4) is 0 Å². The van der Waals surface area contributed by atoms with Gasteiger partial charge in [-0.1, -0.05) is 17.2 Å². The number of hydrogen-bond acceptors (Lipinski definition) is 5. The van der Waals surface area contributed by atoms with Crippen LogP contribution < -0.4 is 4.74 Å². The van der Waals surface area contributed by atoms with Crippen LogP contribution in [-0.4, -0.2) is 51.4 Å². The minimum atomic E-state index is -0.592. The molecule has 0 aromatic heterocycles. The Labute approximate surface area is 159 Å². The first-order valence-electron chi connectivity index (χ1n) is 8.97. The van der Waals surface area contributed by atoms with E-state index in [0.717, 1.165) is 30.6 Å². The number of azide groups is 1. The van der Waals surface area contributed by atoms with Crippen molar-refractivity contribution >= 4 is 14.1 Å². The third kappa shape index (κ3) is 4.31. The van der Waals surface area contributed by atoms with Crippen molar-refractivity contribution in [3.63, 3.8) is 0 Å². The summed E-state index contributed by atoms with van der Waals surface area (Å²) in [6.45, 7) is 1.52. The van der Waals surface area contributed by atoms with Crippen LogP contribution in [0.4, 0.5) is 4.79 Å². The van der Waals surface area contributed by atoms with Gasteiger partial charge in [-0.3, -0.25) is 4.90 Å². The highest BCUT2D eigenvalue weighted by molar-refractivity contribution is 5.97. The van der Waals surface area contributed by atoms with Crippen LogP contribution in [0.5, 0.6) is 5.75 Å². The van der Waals surface area contributed by atoms with Gasteiger partial charge in [-0.05, 0) is 48.9 Å². The van der Waals surface area contributed by atoms with Gasteiger partial charge in [0, 0.05) is 30.0 Å². The molecular formula is C18H23BN4O4. The molecule has 1 amide bonds. The molecule has 0 N–H and O–H groups in total. The van der Waals surface area contributed by atoms with E-state index in [1.807, 2.05) is 24.3 Å². The van der Waals surface area contributed by atoms with Gasteiger partial charge < -0.3 is 14.1 Å². The third-order valence-electron chi connectivity index (χ3n) is 5.47. The number of carbonyl (C=O) groups is 1. The van der Waals surface area contributed by atoms with Crippen molar-refractivity contribution in [2.24, 2.45) is 10.5 Å². The maximum Gasteiger partial charge on any atom is 0.410 e. The van der Waals surface area contributed by atoms with E-state index < -0.39 is 11.0 Å². The van der Waals surface area contributed by atoms with E-state index in [1.165, 1.54) is 0 Å². The number of benzene rings is 1. The Morgan fingerprint density at radius 3 is 2.81 bits per heavy atom. The lowest BCUT2D eigenvalue weighted by atomic mass is 9.67. The Balaban J connectivity index is 1.72. The van der Waals surface area contributed by atoms with E-state index in [2.05, 4.69) is 10.0 Å². The molecule has 1 spiro atoms. The van der Waals surface area contributed by atoms with Crippen molar-refractivity contribution < 1.29 is 18.9 Å². The summed E-state index contributed by atoms with van der Waals surface area (Å²) in [5, 5.41) is 3.74. The van der Waals surface area contributed by atoms with Crippen molar-refractivity contribution in [2.45, 2.75) is 37.8 Å². The van der Waals surface area contributed by atoms with Gasteiger partial charge in [-0.2, -0.15) is 0 Å². The fourth-order valence-electron chi connectivity index (χ4n) is 4.30. The van der Waals surface area contributed by atoms with Gasteiger partial charge >= 0.3 is 6.09 Å². The SMILES string of the molecule is [B]OCC1(CN=[N+]=[N-])CCCC2(CN(Cc3ccc(OC)cc3)C(=O)O2)C1. The number of rotatable bonds is 7. The van der Waals surface area contributed by atoms with E-state index in [9.17, 15) is 4.79 Å². The van der Waals surface area contributed by atoms with E-state index in [1.54, 1.807) is 12.0 Å². The molecule has 2 atom stereocenters. The number of nitrogens with zero attached hydrogens (tertiary/aromatic N) is 4. The van der Waals surface area contributed by atoms with Crippen LogP contribution in [0.2, 0.25) is 0 Å². The van der Waals surface area contributed by atoms with Gasteiger partial charge in [-0.25, -0.2) is 4.79 Å². The highest BCUT2D eigenvalue weighted by atomic mass is 16.6. The normalized spacial score (nSPS) is 27.3. The van der Waals surface area contributed by atoms with E-state index in [4.69, 9.17) is 27.7 Å². The molecule has 1 aromatic rings. The largest absolute Gasteiger partial charge is 0.497 e. The first kappa shape index (κ1) is 19.4. The van der Waals surface area contributed by atoms with E-state index >= 15 is 0 Å². The zero-order valence-electron chi connectivity index (χ0n) is 15.5. The topological polar surface area (TPSA) is 96.8 Å². The van der Waals surface area contributed by atoms with Gasteiger partial charge in [-0.15, -0.1) is 0 Å². The summed E-state index contributed by atoms with van der Waals surface area (Å²) in [6, 6.07) is 7.62. The molecule has 8 nitrogen and oxygen atoms in total. The zero-order chi connectivity index (χ0) is 19.3.